The molecular formula is C42H29Br2N3. The summed E-state index contributed by atoms with van der Waals surface area (Å²) in [5.74, 6) is 0. The molecule has 0 atom stereocenters. The second-order valence-corrected chi connectivity index (χ2v) is 13.2. The zero-order valence-electron chi connectivity index (χ0n) is 25.3. The maximum atomic E-state index is 3.60. The van der Waals surface area contributed by atoms with Gasteiger partial charge in [0.15, 0.2) is 0 Å². The first kappa shape index (κ1) is 29.3. The minimum absolute atomic E-state index is 1.05. The SMILES string of the molecule is Brc1ccc(N(c2ccc(Br)cc2)c2ccc(N(c3ccccc3)c3ccc4c(c3)c3ccccc3n4-c3ccccc3)cc2)cc1. The lowest BCUT2D eigenvalue weighted by atomic mass is 10.1. The monoisotopic (exact) mass is 733 g/mol. The largest absolute Gasteiger partial charge is 0.311 e. The molecule has 0 bridgehead atoms. The van der Waals surface area contributed by atoms with Crippen LogP contribution in [-0.2, 0) is 0 Å². The molecule has 0 aliphatic heterocycles. The molecule has 1 heterocycles. The molecule has 226 valence electrons. The van der Waals surface area contributed by atoms with Crippen LogP contribution in [0.2, 0.25) is 0 Å². The van der Waals surface area contributed by atoms with E-state index < -0.39 is 0 Å². The molecule has 0 unspecified atom stereocenters. The van der Waals surface area contributed by atoms with Crippen LogP contribution in [0, 0.1) is 0 Å². The summed E-state index contributed by atoms with van der Waals surface area (Å²) in [6.07, 6.45) is 0. The Labute approximate surface area is 291 Å². The summed E-state index contributed by atoms with van der Waals surface area (Å²) in [5.41, 5.74) is 10.1. The molecule has 0 spiro atoms. The highest BCUT2D eigenvalue weighted by Gasteiger charge is 2.18. The number of aromatic nitrogens is 1. The van der Waals surface area contributed by atoms with Crippen molar-refractivity contribution < 1.29 is 0 Å². The lowest BCUT2D eigenvalue weighted by Gasteiger charge is -2.28. The molecule has 1 aromatic heterocycles. The van der Waals surface area contributed by atoms with Crippen molar-refractivity contribution in [3.8, 4) is 5.69 Å². The lowest BCUT2D eigenvalue weighted by molar-refractivity contribution is 1.18. The van der Waals surface area contributed by atoms with Crippen molar-refractivity contribution in [2.75, 3.05) is 9.80 Å². The summed E-state index contributed by atoms with van der Waals surface area (Å²) in [5, 5.41) is 2.45. The number of benzene rings is 7. The standard InChI is InChI=1S/C42H29Br2N3/c43-30-15-19-34(20-16-30)45(35-21-17-31(44)18-22-35)36-23-25-37(26-24-36)46(32-9-3-1-4-10-32)38-27-28-42-40(29-38)39-13-7-8-14-41(39)47(42)33-11-5-2-6-12-33/h1-29H. The van der Waals surface area contributed by atoms with Crippen LogP contribution in [0.1, 0.15) is 0 Å². The van der Waals surface area contributed by atoms with E-state index >= 15 is 0 Å². The molecule has 0 saturated heterocycles. The van der Waals surface area contributed by atoms with Gasteiger partial charge in [-0.1, -0.05) is 86.5 Å². The molecule has 8 rings (SSSR count). The Morgan fingerprint density at radius 2 is 0.745 bits per heavy atom. The van der Waals surface area contributed by atoms with Gasteiger partial charge in [0.05, 0.1) is 11.0 Å². The molecule has 0 saturated carbocycles. The quantitative estimate of drug-likeness (QED) is 0.161. The zero-order valence-corrected chi connectivity index (χ0v) is 28.5. The second-order valence-electron chi connectivity index (χ2n) is 11.4. The van der Waals surface area contributed by atoms with E-state index in [0.717, 1.165) is 48.8 Å². The van der Waals surface area contributed by atoms with E-state index in [9.17, 15) is 0 Å². The average Bonchev–Trinajstić information content (AvgIpc) is 3.45. The molecule has 5 heteroatoms. The highest BCUT2D eigenvalue weighted by molar-refractivity contribution is 9.10. The van der Waals surface area contributed by atoms with E-state index in [1.807, 2.05) is 0 Å². The molecule has 0 radical (unpaired) electrons. The third kappa shape index (κ3) is 5.62. The van der Waals surface area contributed by atoms with Gasteiger partial charge < -0.3 is 14.4 Å². The third-order valence-corrected chi connectivity index (χ3v) is 9.54. The maximum Gasteiger partial charge on any atom is 0.0542 e. The Bertz CT molecular complexity index is 2250. The molecule has 7 aromatic carbocycles. The molecular weight excluding hydrogens is 706 g/mol. The predicted molar refractivity (Wildman–Crippen MR) is 206 cm³/mol. The minimum Gasteiger partial charge on any atom is -0.311 e. The Morgan fingerprint density at radius 3 is 1.32 bits per heavy atom. The first-order chi connectivity index (χ1) is 23.1. The number of nitrogens with zero attached hydrogens (tertiary/aromatic N) is 3. The van der Waals surface area contributed by atoms with Crippen molar-refractivity contribution >= 4 is 87.8 Å². The van der Waals surface area contributed by atoms with Crippen LogP contribution in [0.15, 0.2) is 185 Å². The second kappa shape index (κ2) is 12.6. The summed E-state index contributed by atoms with van der Waals surface area (Å²) in [6, 6.07) is 62.4. The van der Waals surface area contributed by atoms with E-state index in [2.05, 4.69) is 222 Å². The average molecular weight is 736 g/mol. The predicted octanol–water partition coefficient (Wildman–Crippen LogP) is 13.2. The van der Waals surface area contributed by atoms with Gasteiger partial charge >= 0.3 is 0 Å². The number of hydrogen-bond donors (Lipinski definition) is 0. The number of fused-ring (bicyclic) bond motifs is 3. The molecule has 0 fully saturated rings. The molecule has 0 N–H and O–H groups in total. The van der Waals surface area contributed by atoms with Crippen LogP contribution in [-0.4, -0.2) is 4.57 Å². The summed E-state index contributed by atoms with van der Waals surface area (Å²) in [7, 11) is 0. The topological polar surface area (TPSA) is 11.4 Å². The molecule has 3 nitrogen and oxygen atoms in total. The van der Waals surface area contributed by atoms with Crippen LogP contribution < -0.4 is 9.80 Å². The van der Waals surface area contributed by atoms with Gasteiger partial charge in [-0.2, -0.15) is 0 Å². The molecule has 47 heavy (non-hydrogen) atoms. The van der Waals surface area contributed by atoms with Gasteiger partial charge in [0.25, 0.3) is 0 Å². The van der Waals surface area contributed by atoms with Gasteiger partial charge in [0.2, 0.25) is 0 Å². The highest BCUT2D eigenvalue weighted by Crippen LogP contribution is 2.41. The molecule has 0 aliphatic carbocycles. The molecule has 8 aromatic rings. The zero-order chi connectivity index (χ0) is 31.7. The van der Waals surface area contributed by atoms with Crippen molar-refractivity contribution in [1.29, 1.82) is 0 Å². The smallest absolute Gasteiger partial charge is 0.0542 e. The van der Waals surface area contributed by atoms with E-state index in [1.54, 1.807) is 0 Å². The van der Waals surface area contributed by atoms with Gasteiger partial charge in [0.1, 0.15) is 0 Å². The fraction of sp³-hybridized carbons (Fsp3) is 0. The van der Waals surface area contributed by atoms with Crippen LogP contribution in [0.3, 0.4) is 0 Å². The van der Waals surface area contributed by atoms with Gasteiger partial charge in [-0.15, -0.1) is 0 Å². The minimum atomic E-state index is 1.05. The maximum absolute atomic E-state index is 3.60. The normalized spacial score (nSPS) is 11.2. The Morgan fingerprint density at radius 1 is 0.340 bits per heavy atom. The first-order valence-electron chi connectivity index (χ1n) is 15.5. The van der Waals surface area contributed by atoms with E-state index in [1.165, 1.54) is 21.8 Å². The Balaban J connectivity index is 1.26. The van der Waals surface area contributed by atoms with E-state index in [0.29, 0.717) is 0 Å². The molecule has 0 amide bonds. The van der Waals surface area contributed by atoms with E-state index in [4.69, 9.17) is 0 Å². The van der Waals surface area contributed by atoms with Gasteiger partial charge in [-0.3, -0.25) is 0 Å². The van der Waals surface area contributed by atoms with Crippen LogP contribution in [0.4, 0.5) is 34.1 Å². The fourth-order valence-electron chi connectivity index (χ4n) is 6.36. The number of anilines is 6. The van der Waals surface area contributed by atoms with Crippen LogP contribution in [0.5, 0.6) is 0 Å². The van der Waals surface area contributed by atoms with Crippen molar-refractivity contribution in [1.82, 2.24) is 4.57 Å². The van der Waals surface area contributed by atoms with Gasteiger partial charge in [-0.05, 0) is 121 Å². The number of hydrogen-bond acceptors (Lipinski definition) is 2. The van der Waals surface area contributed by atoms with Gasteiger partial charge in [-0.25, -0.2) is 0 Å². The fourth-order valence-corrected chi connectivity index (χ4v) is 6.89. The van der Waals surface area contributed by atoms with Crippen molar-refractivity contribution in [2.45, 2.75) is 0 Å². The van der Waals surface area contributed by atoms with Crippen molar-refractivity contribution in [3.63, 3.8) is 0 Å². The Hall–Kier alpha value is -5.10. The molecule has 0 aliphatic rings. The third-order valence-electron chi connectivity index (χ3n) is 8.48. The summed E-state index contributed by atoms with van der Waals surface area (Å²) < 4.78 is 4.46. The van der Waals surface area contributed by atoms with Crippen molar-refractivity contribution in [3.05, 3.63) is 185 Å². The number of rotatable bonds is 7. The number of halogens is 2. The first-order valence-corrected chi connectivity index (χ1v) is 17.1. The lowest BCUT2D eigenvalue weighted by Crippen LogP contribution is -2.12. The summed E-state index contributed by atoms with van der Waals surface area (Å²) in [4.78, 5) is 4.61. The van der Waals surface area contributed by atoms with Gasteiger partial charge in [0, 0.05) is 59.5 Å². The van der Waals surface area contributed by atoms with Crippen LogP contribution in [0.25, 0.3) is 27.5 Å². The van der Waals surface area contributed by atoms with Crippen LogP contribution >= 0.6 is 31.9 Å². The Kier molecular flexibility index (Phi) is 7.86. The number of para-hydroxylation sites is 3. The van der Waals surface area contributed by atoms with Crippen molar-refractivity contribution in [2.24, 2.45) is 0 Å². The highest BCUT2D eigenvalue weighted by atomic mass is 79.9. The summed E-state index contributed by atoms with van der Waals surface area (Å²) >= 11 is 7.19. The summed E-state index contributed by atoms with van der Waals surface area (Å²) in [6.45, 7) is 0. The van der Waals surface area contributed by atoms with E-state index in [-0.39, 0.29) is 0 Å².